The lowest BCUT2D eigenvalue weighted by atomic mass is 10.1. The molecule has 0 aliphatic heterocycles. The van der Waals surface area contributed by atoms with E-state index in [-0.39, 0.29) is 18.1 Å². The third-order valence-corrected chi connectivity index (χ3v) is 1.91. The van der Waals surface area contributed by atoms with Crippen LogP contribution in [0.1, 0.15) is 23.7 Å². The zero-order valence-electron chi connectivity index (χ0n) is 8.62. The van der Waals surface area contributed by atoms with E-state index in [0.29, 0.717) is 17.8 Å². The molecule has 1 rings (SSSR count). The molecule has 1 aromatic carbocycles. The van der Waals surface area contributed by atoms with E-state index in [1.165, 1.54) is 6.92 Å². The number of carbonyl (C=O) groups excluding carboxylic acids is 2. The smallest absolute Gasteiger partial charge is 0.221 e. The number of hydrogen-bond acceptors (Lipinski definition) is 3. The van der Waals surface area contributed by atoms with Crippen LogP contribution in [0.3, 0.4) is 0 Å². The zero-order chi connectivity index (χ0) is 11.3. The first-order valence-electron chi connectivity index (χ1n) is 4.75. The monoisotopic (exact) mass is 206 g/mol. The van der Waals surface area contributed by atoms with Crippen molar-refractivity contribution in [2.24, 2.45) is 5.73 Å². The van der Waals surface area contributed by atoms with Crippen molar-refractivity contribution >= 4 is 17.4 Å². The Morgan fingerprint density at radius 3 is 2.60 bits per heavy atom. The normalized spacial score (nSPS) is 9.73. The molecular formula is C11H14N2O2. The number of amides is 1. The fourth-order valence-electron chi connectivity index (χ4n) is 1.29. The number of hydrogen-bond donors (Lipinski definition) is 2. The summed E-state index contributed by atoms with van der Waals surface area (Å²) >= 11 is 0. The van der Waals surface area contributed by atoms with E-state index < -0.39 is 0 Å². The highest BCUT2D eigenvalue weighted by molar-refractivity contribution is 6.04. The van der Waals surface area contributed by atoms with Gasteiger partial charge in [-0.15, -0.1) is 0 Å². The summed E-state index contributed by atoms with van der Waals surface area (Å²) in [6, 6.07) is 6.91. The molecule has 1 aromatic rings. The van der Waals surface area contributed by atoms with Gasteiger partial charge >= 0.3 is 0 Å². The summed E-state index contributed by atoms with van der Waals surface area (Å²) in [5.41, 5.74) is 6.37. The molecule has 0 fully saturated rings. The van der Waals surface area contributed by atoms with Crippen molar-refractivity contribution < 1.29 is 9.59 Å². The molecule has 0 radical (unpaired) electrons. The second-order valence-electron chi connectivity index (χ2n) is 3.19. The summed E-state index contributed by atoms with van der Waals surface area (Å²) in [4.78, 5) is 22.5. The average Bonchev–Trinajstić information content (AvgIpc) is 2.18. The van der Waals surface area contributed by atoms with Gasteiger partial charge in [0.05, 0.1) is 5.69 Å². The largest absolute Gasteiger partial charge is 0.330 e. The number of benzene rings is 1. The van der Waals surface area contributed by atoms with Crippen LogP contribution in [0.15, 0.2) is 24.3 Å². The first-order chi connectivity index (χ1) is 7.15. The fraction of sp³-hybridized carbons (Fsp3) is 0.273. The van der Waals surface area contributed by atoms with Crippen LogP contribution in [0, 0.1) is 0 Å². The second kappa shape index (κ2) is 5.26. The Labute approximate surface area is 88.5 Å². The quantitative estimate of drug-likeness (QED) is 0.726. The summed E-state index contributed by atoms with van der Waals surface area (Å²) in [5.74, 6) is -0.246. The molecule has 0 aliphatic carbocycles. The van der Waals surface area contributed by atoms with E-state index in [9.17, 15) is 9.59 Å². The predicted molar refractivity (Wildman–Crippen MR) is 58.7 cm³/mol. The molecule has 80 valence electrons. The Morgan fingerprint density at radius 2 is 2.00 bits per heavy atom. The van der Waals surface area contributed by atoms with Gasteiger partial charge in [0.2, 0.25) is 5.91 Å². The first kappa shape index (κ1) is 11.4. The number of nitrogens with two attached hydrogens (primary N) is 1. The Kier molecular flexibility index (Phi) is 4.00. The summed E-state index contributed by atoms with van der Waals surface area (Å²) < 4.78 is 0. The zero-order valence-corrected chi connectivity index (χ0v) is 8.62. The van der Waals surface area contributed by atoms with Crippen molar-refractivity contribution in [2.75, 3.05) is 11.9 Å². The van der Waals surface area contributed by atoms with Crippen LogP contribution in [-0.4, -0.2) is 18.2 Å². The van der Waals surface area contributed by atoms with Crippen molar-refractivity contribution in [3.05, 3.63) is 29.8 Å². The van der Waals surface area contributed by atoms with E-state index in [1.54, 1.807) is 24.3 Å². The number of para-hydroxylation sites is 1. The highest BCUT2D eigenvalue weighted by Gasteiger charge is 2.10. The van der Waals surface area contributed by atoms with Gasteiger partial charge in [0, 0.05) is 18.9 Å². The Balaban J connectivity index is 2.95. The maximum absolute atomic E-state index is 11.6. The number of Topliss-reactive ketones (excluding diaryl/α,β-unsaturated/α-hetero) is 1. The van der Waals surface area contributed by atoms with Gasteiger partial charge in [-0.2, -0.15) is 0 Å². The highest BCUT2D eigenvalue weighted by atomic mass is 16.1. The van der Waals surface area contributed by atoms with Crippen molar-refractivity contribution in [2.45, 2.75) is 13.3 Å². The van der Waals surface area contributed by atoms with Gasteiger partial charge in [0.1, 0.15) is 0 Å². The van der Waals surface area contributed by atoms with Gasteiger partial charge < -0.3 is 11.1 Å². The molecule has 1 amide bonds. The van der Waals surface area contributed by atoms with E-state index >= 15 is 0 Å². The molecule has 3 N–H and O–H groups in total. The highest BCUT2D eigenvalue weighted by Crippen LogP contribution is 2.16. The fourth-order valence-corrected chi connectivity index (χ4v) is 1.29. The molecule has 0 bridgehead atoms. The molecule has 15 heavy (non-hydrogen) atoms. The van der Waals surface area contributed by atoms with Crippen molar-refractivity contribution in [1.29, 1.82) is 0 Å². The molecule has 0 aliphatic rings. The molecular weight excluding hydrogens is 192 g/mol. The van der Waals surface area contributed by atoms with Crippen LogP contribution in [0.2, 0.25) is 0 Å². The summed E-state index contributed by atoms with van der Waals surface area (Å²) in [6.45, 7) is 1.72. The van der Waals surface area contributed by atoms with Crippen molar-refractivity contribution in [3.63, 3.8) is 0 Å². The summed E-state index contributed by atoms with van der Waals surface area (Å²) in [6.07, 6.45) is 0.288. The maximum Gasteiger partial charge on any atom is 0.221 e. The number of nitrogens with one attached hydrogen (secondary N) is 1. The predicted octanol–water partition coefficient (Wildman–Crippen LogP) is 1.18. The van der Waals surface area contributed by atoms with Crippen LogP contribution in [0.25, 0.3) is 0 Å². The lowest BCUT2D eigenvalue weighted by Crippen LogP contribution is -2.13. The van der Waals surface area contributed by atoms with Gasteiger partial charge in [-0.25, -0.2) is 0 Å². The second-order valence-corrected chi connectivity index (χ2v) is 3.19. The Bertz CT molecular complexity index is 375. The lowest BCUT2D eigenvalue weighted by molar-refractivity contribution is -0.114. The van der Waals surface area contributed by atoms with E-state index in [4.69, 9.17) is 5.73 Å². The van der Waals surface area contributed by atoms with Gasteiger partial charge in [-0.3, -0.25) is 9.59 Å². The van der Waals surface area contributed by atoms with E-state index in [1.807, 2.05) is 0 Å². The number of anilines is 1. The lowest BCUT2D eigenvalue weighted by Gasteiger charge is -2.07. The van der Waals surface area contributed by atoms with Crippen LogP contribution in [-0.2, 0) is 4.79 Å². The molecule has 0 unspecified atom stereocenters. The van der Waals surface area contributed by atoms with Crippen molar-refractivity contribution in [3.8, 4) is 0 Å². The van der Waals surface area contributed by atoms with Gasteiger partial charge in [0.25, 0.3) is 0 Å². The molecule has 0 atom stereocenters. The number of rotatable bonds is 4. The maximum atomic E-state index is 11.6. The van der Waals surface area contributed by atoms with Gasteiger partial charge in [-0.05, 0) is 18.7 Å². The standard InChI is InChI=1S/C11H14N2O2/c1-8(14)13-10-5-3-2-4-9(10)11(15)6-7-12/h2-5H,6-7,12H2,1H3,(H,13,14). The molecule has 0 heterocycles. The van der Waals surface area contributed by atoms with E-state index in [0.717, 1.165) is 0 Å². The van der Waals surface area contributed by atoms with Crippen LogP contribution in [0.5, 0.6) is 0 Å². The third-order valence-electron chi connectivity index (χ3n) is 1.91. The summed E-state index contributed by atoms with van der Waals surface area (Å²) in [7, 11) is 0. The van der Waals surface area contributed by atoms with E-state index in [2.05, 4.69) is 5.32 Å². The van der Waals surface area contributed by atoms with Crippen LogP contribution in [0.4, 0.5) is 5.69 Å². The molecule has 4 nitrogen and oxygen atoms in total. The first-order valence-corrected chi connectivity index (χ1v) is 4.75. The van der Waals surface area contributed by atoms with Crippen LogP contribution >= 0.6 is 0 Å². The molecule has 0 saturated carbocycles. The molecule has 0 spiro atoms. The average molecular weight is 206 g/mol. The number of carbonyl (C=O) groups is 2. The minimum absolute atomic E-state index is 0.0538. The third kappa shape index (κ3) is 3.18. The van der Waals surface area contributed by atoms with Crippen LogP contribution < -0.4 is 11.1 Å². The van der Waals surface area contributed by atoms with Gasteiger partial charge in [0.15, 0.2) is 5.78 Å². The molecule has 0 aromatic heterocycles. The number of ketones is 1. The Hall–Kier alpha value is -1.68. The summed E-state index contributed by atoms with van der Waals surface area (Å²) in [5, 5.41) is 2.61. The minimum Gasteiger partial charge on any atom is -0.330 e. The SMILES string of the molecule is CC(=O)Nc1ccccc1C(=O)CCN. The van der Waals surface area contributed by atoms with Gasteiger partial charge in [-0.1, -0.05) is 12.1 Å². The molecule has 4 heteroatoms. The topological polar surface area (TPSA) is 72.2 Å². The molecule has 0 saturated heterocycles. The Morgan fingerprint density at radius 1 is 1.33 bits per heavy atom. The van der Waals surface area contributed by atoms with Crippen molar-refractivity contribution in [1.82, 2.24) is 0 Å². The minimum atomic E-state index is -0.192.